The van der Waals surface area contributed by atoms with Crippen LogP contribution in [0, 0.1) is 6.92 Å². The molecule has 2 amide bonds. The molecule has 0 radical (unpaired) electrons. The zero-order valence-corrected chi connectivity index (χ0v) is 20.8. The topological polar surface area (TPSA) is 96.0 Å². The average Bonchev–Trinajstić information content (AvgIpc) is 2.83. The van der Waals surface area contributed by atoms with E-state index in [2.05, 4.69) is 5.32 Å². The predicted molar refractivity (Wildman–Crippen MR) is 134 cm³/mol. The number of carbonyl (C=O) groups is 2. The summed E-state index contributed by atoms with van der Waals surface area (Å²) in [5, 5.41) is 2.82. The van der Waals surface area contributed by atoms with E-state index in [0.29, 0.717) is 29.2 Å². The van der Waals surface area contributed by atoms with Crippen LogP contribution in [0.25, 0.3) is 0 Å². The number of nitrogens with zero attached hydrogens (tertiary/aromatic N) is 2. The summed E-state index contributed by atoms with van der Waals surface area (Å²) in [6, 6.07) is 18.7. The van der Waals surface area contributed by atoms with Crippen LogP contribution in [0.2, 0.25) is 0 Å². The van der Waals surface area contributed by atoms with E-state index >= 15 is 0 Å². The van der Waals surface area contributed by atoms with Crippen molar-refractivity contribution in [2.75, 3.05) is 24.3 Å². The van der Waals surface area contributed by atoms with Crippen LogP contribution in [0.3, 0.4) is 0 Å². The molecule has 1 aliphatic rings. The van der Waals surface area contributed by atoms with Crippen LogP contribution in [0.1, 0.15) is 28.4 Å². The first kappa shape index (κ1) is 24.4. The van der Waals surface area contributed by atoms with Crippen molar-refractivity contribution in [2.45, 2.75) is 31.4 Å². The first-order valence-electron chi connectivity index (χ1n) is 11.1. The van der Waals surface area contributed by atoms with Crippen molar-refractivity contribution in [1.82, 2.24) is 4.31 Å². The predicted octanol–water partition coefficient (Wildman–Crippen LogP) is 3.81. The highest BCUT2D eigenvalue weighted by Crippen LogP contribution is 2.37. The van der Waals surface area contributed by atoms with E-state index in [4.69, 9.17) is 4.74 Å². The molecule has 4 rings (SSSR count). The summed E-state index contributed by atoms with van der Waals surface area (Å²) < 4.78 is 31.4. The van der Waals surface area contributed by atoms with Gasteiger partial charge in [0.05, 0.1) is 17.1 Å². The van der Waals surface area contributed by atoms with Gasteiger partial charge < -0.3 is 15.0 Å². The third kappa shape index (κ3) is 4.91. The van der Waals surface area contributed by atoms with Gasteiger partial charge in [-0.1, -0.05) is 24.3 Å². The SMILES string of the molecule is Cc1ccccc1CN1C(=O)C(C)Oc2ccc(NC(=O)c3ccc(S(=O)(=O)N(C)C)cc3)cc21. The Morgan fingerprint density at radius 1 is 1.06 bits per heavy atom. The summed E-state index contributed by atoms with van der Waals surface area (Å²) in [5.74, 6) is -0.00975. The van der Waals surface area contributed by atoms with Gasteiger partial charge in [0.15, 0.2) is 6.10 Å². The van der Waals surface area contributed by atoms with Crippen LogP contribution in [0.5, 0.6) is 5.75 Å². The number of hydrogen-bond acceptors (Lipinski definition) is 5. The largest absolute Gasteiger partial charge is 0.479 e. The minimum absolute atomic E-state index is 0.101. The molecule has 0 aromatic heterocycles. The summed E-state index contributed by atoms with van der Waals surface area (Å²) >= 11 is 0. The van der Waals surface area contributed by atoms with Gasteiger partial charge >= 0.3 is 0 Å². The molecule has 1 atom stereocenters. The molecule has 0 saturated heterocycles. The molecule has 3 aromatic rings. The lowest BCUT2D eigenvalue weighted by Crippen LogP contribution is -2.44. The number of nitrogens with one attached hydrogen (secondary N) is 1. The summed E-state index contributed by atoms with van der Waals surface area (Å²) in [6.45, 7) is 4.09. The number of fused-ring (bicyclic) bond motifs is 1. The maximum absolute atomic E-state index is 13.0. The molecule has 1 aliphatic heterocycles. The number of amides is 2. The van der Waals surface area contributed by atoms with E-state index in [-0.39, 0.29) is 10.8 Å². The molecule has 0 aliphatic carbocycles. The van der Waals surface area contributed by atoms with Crippen LogP contribution in [-0.4, -0.2) is 44.7 Å². The van der Waals surface area contributed by atoms with Gasteiger partial charge in [-0.2, -0.15) is 0 Å². The Labute approximate surface area is 205 Å². The highest BCUT2D eigenvalue weighted by molar-refractivity contribution is 7.89. The first-order chi connectivity index (χ1) is 16.6. The average molecular weight is 494 g/mol. The van der Waals surface area contributed by atoms with E-state index in [0.717, 1.165) is 15.4 Å². The molecule has 0 bridgehead atoms. The summed E-state index contributed by atoms with van der Waals surface area (Å²) in [5.41, 5.74) is 3.45. The van der Waals surface area contributed by atoms with Crippen LogP contribution in [0.15, 0.2) is 71.6 Å². The van der Waals surface area contributed by atoms with Crippen LogP contribution in [0.4, 0.5) is 11.4 Å². The molecular weight excluding hydrogens is 466 g/mol. The number of sulfonamides is 1. The van der Waals surface area contributed by atoms with Crippen molar-refractivity contribution in [3.05, 3.63) is 83.4 Å². The van der Waals surface area contributed by atoms with Gasteiger partial charge in [0, 0.05) is 25.3 Å². The number of rotatable bonds is 6. The first-order valence-corrected chi connectivity index (χ1v) is 12.5. The second-order valence-corrected chi connectivity index (χ2v) is 10.7. The van der Waals surface area contributed by atoms with Crippen LogP contribution >= 0.6 is 0 Å². The molecule has 9 heteroatoms. The Balaban J connectivity index is 1.59. The molecule has 3 aromatic carbocycles. The Bertz CT molecular complexity index is 1380. The summed E-state index contributed by atoms with van der Waals surface area (Å²) in [6.07, 6.45) is -0.621. The van der Waals surface area contributed by atoms with Crippen molar-refractivity contribution in [1.29, 1.82) is 0 Å². The van der Waals surface area contributed by atoms with E-state index in [9.17, 15) is 18.0 Å². The Morgan fingerprint density at radius 2 is 1.74 bits per heavy atom. The van der Waals surface area contributed by atoms with E-state index < -0.39 is 22.0 Å². The molecule has 182 valence electrons. The van der Waals surface area contributed by atoms with Gasteiger partial charge in [0.25, 0.3) is 11.8 Å². The van der Waals surface area contributed by atoms with Crippen molar-refractivity contribution in [2.24, 2.45) is 0 Å². The van der Waals surface area contributed by atoms with Crippen molar-refractivity contribution in [3.8, 4) is 5.75 Å². The number of aryl methyl sites for hydroxylation is 1. The van der Waals surface area contributed by atoms with Gasteiger partial charge in [-0.05, 0) is 67.4 Å². The fourth-order valence-corrected chi connectivity index (χ4v) is 4.70. The van der Waals surface area contributed by atoms with Crippen molar-refractivity contribution >= 4 is 33.2 Å². The number of benzene rings is 3. The fourth-order valence-electron chi connectivity index (χ4n) is 3.80. The van der Waals surface area contributed by atoms with Gasteiger partial charge in [-0.3, -0.25) is 9.59 Å². The van der Waals surface area contributed by atoms with Gasteiger partial charge in [-0.25, -0.2) is 12.7 Å². The minimum atomic E-state index is -3.58. The number of carbonyl (C=O) groups excluding carboxylic acids is 2. The third-order valence-electron chi connectivity index (χ3n) is 5.91. The summed E-state index contributed by atoms with van der Waals surface area (Å²) in [4.78, 5) is 27.6. The molecule has 0 fully saturated rings. The van der Waals surface area contributed by atoms with Crippen LogP contribution < -0.4 is 15.0 Å². The third-order valence-corrected chi connectivity index (χ3v) is 7.74. The lowest BCUT2D eigenvalue weighted by Gasteiger charge is -2.33. The highest BCUT2D eigenvalue weighted by Gasteiger charge is 2.32. The monoisotopic (exact) mass is 493 g/mol. The molecular formula is C26H27N3O5S. The molecule has 1 N–H and O–H groups in total. The molecule has 8 nitrogen and oxygen atoms in total. The second kappa shape index (κ2) is 9.52. The smallest absolute Gasteiger partial charge is 0.268 e. The molecule has 0 spiro atoms. The van der Waals surface area contributed by atoms with Crippen molar-refractivity contribution in [3.63, 3.8) is 0 Å². The van der Waals surface area contributed by atoms with E-state index in [1.807, 2.05) is 31.2 Å². The second-order valence-electron chi connectivity index (χ2n) is 8.56. The zero-order chi connectivity index (χ0) is 25.3. The lowest BCUT2D eigenvalue weighted by atomic mass is 10.1. The fraction of sp³-hybridized carbons (Fsp3) is 0.231. The lowest BCUT2D eigenvalue weighted by molar-refractivity contribution is -0.125. The normalized spacial score (nSPS) is 15.5. The van der Waals surface area contributed by atoms with Gasteiger partial charge in [0.2, 0.25) is 10.0 Å². The molecule has 1 heterocycles. The quantitative estimate of drug-likeness (QED) is 0.563. The molecule has 1 unspecified atom stereocenters. The zero-order valence-electron chi connectivity index (χ0n) is 20.0. The number of ether oxygens (including phenoxy) is 1. The summed E-state index contributed by atoms with van der Waals surface area (Å²) in [7, 11) is -0.687. The Hall–Kier alpha value is -3.69. The Morgan fingerprint density at radius 3 is 2.40 bits per heavy atom. The maximum Gasteiger partial charge on any atom is 0.268 e. The van der Waals surface area contributed by atoms with E-state index in [1.54, 1.807) is 30.0 Å². The molecule has 35 heavy (non-hydrogen) atoms. The maximum atomic E-state index is 13.0. The van der Waals surface area contributed by atoms with Crippen LogP contribution in [-0.2, 0) is 21.4 Å². The van der Waals surface area contributed by atoms with E-state index in [1.165, 1.54) is 38.4 Å². The van der Waals surface area contributed by atoms with Crippen molar-refractivity contribution < 1.29 is 22.7 Å². The standard InChI is InChI=1S/C26H27N3O5S/c1-17-7-5-6-8-20(17)16-29-23-15-21(11-14-24(23)34-18(2)26(29)31)27-25(30)19-9-12-22(13-10-19)35(32,33)28(3)4/h5-15,18H,16H2,1-4H3,(H,27,30). The number of hydrogen-bond donors (Lipinski definition) is 1. The molecule has 0 saturated carbocycles. The highest BCUT2D eigenvalue weighted by atomic mass is 32.2. The van der Waals surface area contributed by atoms with Gasteiger partial charge in [-0.15, -0.1) is 0 Å². The van der Waals surface area contributed by atoms with Gasteiger partial charge in [0.1, 0.15) is 5.75 Å². The minimum Gasteiger partial charge on any atom is -0.479 e. The number of anilines is 2. The Kier molecular flexibility index (Phi) is 6.64.